The Bertz CT molecular complexity index is 1030. The van der Waals surface area contributed by atoms with Gasteiger partial charge in [0, 0.05) is 29.9 Å². The number of fused-ring (bicyclic) bond motifs is 1. The molecule has 8 heteroatoms. The van der Waals surface area contributed by atoms with Crippen molar-refractivity contribution in [3.63, 3.8) is 0 Å². The zero-order chi connectivity index (χ0) is 21.4. The van der Waals surface area contributed by atoms with Crippen LogP contribution in [0.25, 0.3) is 0 Å². The number of aromatic nitrogens is 2. The molecule has 8 nitrogen and oxygen atoms in total. The van der Waals surface area contributed by atoms with Crippen molar-refractivity contribution in [2.75, 3.05) is 12.4 Å². The first-order chi connectivity index (χ1) is 14.4. The van der Waals surface area contributed by atoms with Crippen molar-refractivity contribution >= 4 is 17.5 Å². The molecule has 0 bridgehead atoms. The van der Waals surface area contributed by atoms with E-state index in [4.69, 9.17) is 9.84 Å². The fourth-order valence-electron chi connectivity index (χ4n) is 4.88. The van der Waals surface area contributed by atoms with Crippen LogP contribution in [0, 0.1) is 16.0 Å². The summed E-state index contributed by atoms with van der Waals surface area (Å²) in [6, 6.07) is 6.61. The number of benzene rings is 1. The number of rotatable bonds is 5. The van der Waals surface area contributed by atoms with Gasteiger partial charge in [0.1, 0.15) is 5.82 Å². The van der Waals surface area contributed by atoms with Crippen molar-refractivity contribution in [1.29, 1.82) is 0 Å². The maximum atomic E-state index is 12.8. The van der Waals surface area contributed by atoms with Crippen molar-refractivity contribution < 1.29 is 14.5 Å². The van der Waals surface area contributed by atoms with E-state index in [2.05, 4.69) is 5.32 Å². The quantitative estimate of drug-likeness (QED) is 0.453. The normalized spacial score (nSPS) is 18.8. The molecule has 2 aromatic rings. The number of nitrogens with one attached hydrogen (secondary N) is 1. The molecule has 1 unspecified atom stereocenters. The molecule has 1 atom stereocenters. The van der Waals surface area contributed by atoms with Crippen LogP contribution in [-0.4, -0.2) is 27.8 Å². The topological polar surface area (TPSA) is 99.3 Å². The number of ether oxygens (including phenoxy) is 1. The van der Waals surface area contributed by atoms with Crippen LogP contribution in [0.15, 0.2) is 35.5 Å². The summed E-state index contributed by atoms with van der Waals surface area (Å²) in [5, 5.41) is 19.9. The minimum atomic E-state index is -0.611. The molecule has 0 spiro atoms. The highest BCUT2D eigenvalue weighted by atomic mass is 16.6. The number of nitro groups is 1. The van der Waals surface area contributed by atoms with E-state index in [1.54, 1.807) is 29.8 Å². The summed E-state index contributed by atoms with van der Waals surface area (Å²) in [5.74, 6) is 0.213. The Kier molecular flexibility index (Phi) is 5.32. The van der Waals surface area contributed by atoms with E-state index in [1.165, 1.54) is 26.0 Å². The number of hydrogen-bond acceptors (Lipinski definition) is 6. The number of methoxy groups -OCH3 is 1. The third-order valence-corrected chi connectivity index (χ3v) is 6.25. The third kappa shape index (κ3) is 3.36. The van der Waals surface area contributed by atoms with Crippen LogP contribution in [0.3, 0.4) is 0 Å². The molecule has 30 heavy (non-hydrogen) atoms. The SMILES string of the molecule is COC(=O)C1=C(C)Nc2c(c(CC3CCCC3)nn2C)C1c1ccccc1[N+](=O)[O-]. The summed E-state index contributed by atoms with van der Waals surface area (Å²) in [6.45, 7) is 1.79. The monoisotopic (exact) mass is 410 g/mol. The lowest BCUT2D eigenvalue weighted by molar-refractivity contribution is -0.385. The number of anilines is 1. The van der Waals surface area contributed by atoms with Crippen LogP contribution < -0.4 is 5.32 Å². The smallest absolute Gasteiger partial charge is 0.336 e. The summed E-state index contributed by atoms with van der Waals surface area (Å²) < 4.78 is 6.85. The number of nitro benzene ring substituents is 1. The molecule has 2 heterocycles. The number of carbonyl (C=O) groups is 1. The lowest BCUT2D eigenvalue weighted by Crippen LogP contribution is -2.25. The highest BCUT2D eigenvalue weighted by molar-refractivity contribution is 5.95. The molecular weight excluding hydrogens is 384 g/mol. The fourth-order valence-corrected chi connectivity index (χ4v) is 4.88. The molecule has 1 N–H and O–H groups in total. The van der Waals surface area contributed by atoms with Gasteiger partial charge in [0.25, 0.3) is 5.69 Å². The first-order valence-corrected chi connectivity index (χ1v) is 10.3. The Labute approximate surface area is 175 Å². The zero-order valence-corrected chi connectivity index (χ0v) is 17.5. The summed E-state index contributed by atoms with van der Waals surface area (Å²) >= 11 is 0. The largest absolute Gasteiger partial charge is 0.466 e. The number of esters is 1. The number of para-hydroxylation sites is 1. The number of carbonyl (C=O) groups excluding carboxylic acids is 1. The van der Waals surface area contributed by atoms with Crippen molar-refractivity contribution in [3.05, 3.63) is 62.5 Å². The van der Waals surface area contributed by atoms with E-state index >= 15 is 0 Å². The second-order valence-corrected chi connectivity index (χ2v) is 8.09. The lowest BCUT2D eigenvalue weighted by atomic mass is 9.79. The summed E-state index contributed by atoms with van der Waals surface area (Å²) in [4.78, 5) is 24.2. The van der Waals surface area contributed by atoms with E-state index in [0.717, 1.165) is 36.3 Å². The standard InChI is InChI=1S/C22H26N4O4/c1-13-18(22(27)30-3)19(15-10-6-7-11-17(15)26(28)29)20-16(12-14-8-4-5-9-14)24-25(2)21(20)23-13/h6-7,10-11,14,19,23H,4-5,8-9,12H2,1-3H3. The van der Waals surface area contributed by atoms with Gasteiger partial charge in [0.15, 0.2) is 0 Å². The number of hydrogen-bond donors (Lipinski definition) is 1. The second kappa shape index (κ2) is 7.93. The predicted molar refractivity (Wildman–Crippen MR) is 112 cm³/mol. The van der Waals surface area contributed by atoms with Gasteiger partial charge >= 0.3 is 5.97 Å². The van der Waals surface area contributed by atoms with Gasteiger partial charge in [-0.15, -0.1) is 0 Å². The van der Waals surface area contributed by atoms with E-state index in [0.29, 0.717) is 22.8 Å². The molecule has 1 fully saturated rings. The van der Waals surface area contributed by atoms with Crippen LogP contribution >= 0.6 is 0 Å². The Morgan fingerprint density at radius 1 is 1.33 bits per heavy atom. The highest BCUT2D eigenvalue weighted by Crippen LogP contribution is 2.47. The van der Waals surface area contributed by atoms with Gasteiger partial charge in [-0.3, -0.25) is 14.8 Å². The van der Waals surface area contributed by atoms with Crippen LogP contribution in [0.5, 0.6) is 0 Å². The molecule has 158 valence electrons. The average molecular weight is 410 g/mol. The van der Waals surface area contributed by atoms with E-state index in [-0.39, 0.29) is 5.69 Å². The van der Waals surface area contributed by atoms with Crippen molar-refractivity contribution in [2.45, 2.75) is 44.9 Å². The van der Waals surface area contributed by atoms with Crippen LogP contribution in [0.4, 0.5) is 11.5 Å². The number of aryl methyl sites for hydroxylation is 1. The molecule has 0 amide bonds. The molecule has 1 aromatic heterocycles. The summed E-state index contributed by atoms with van der Waals surface area (Å²) in [5.41, 5.74) is 3.20. The van der Waals surface area contributed by atoms with E-state index in [9.17, 15) is 14.9 Å². The Morgan fingerprint density at radius 3 is 2.70 bits per heavy atom. The lowest BCUT2D eigenvalue weighted by Gasteiger charge is -2.28. The maximum Gasteiger partial charge on any atom is 0.336 e. The van der Waals surface area contributed by atoms with Crippen LogP contribution in [0.2, 0.25) is 0 Å². The van der Waals surface area contributed by atoms with Crippen molar-refractivity contribution in [1.82, 2.24) is 9.78 Å². The molecule has 1 aliphatic carbocycles. The number of nitrogens with zero attached hydrogens (tertiary/aromatic N) is 3. The molecule has 4 rings (SSSR count). The molecule has 1 aliphatic heterocycles. The van der Waals surface area contributed by atoms with Gasteiger partial charge in [-0.25, -0.2) is 4.79 Å². The van der Waals surface area contributed by atoms with Crippen LogP contribution in [-0.2, 0) is 23.0 Å². The second-order valence-electron chi connectivity index (χ2n) is 8.09. The Balaban J connectivity index is 1.93. The maximum absolute atomic E-state index is 12.8. The van der Waals surface area contributed by atoms with Gasteiger partial charge in [0.2, 0.25) is 0 Å². The average Bonchev–Trinajstić information content (AvgIpc) is 3.35. The molecule has 0 saturated heterocycles. The molecule has 1 saturated carbocycles. The number of allylic oxidation sites excluding steroid dienone is 1. The predicted octanol–water partition coefficient (Wildman–Crippen LogP) is 4.07. The molecule has 2 aliphatic rings. The van der Waals surface area contributed by atoms with E-state index < -0.39 is 16.8 Å². The highest BCUT2D eigenvalue weighted by Gasteiger charge is 2.40. The molecular formula is C22H26N4O4. The molecule has 0 radical (unpaired) electrons. The fraction of sp³-hybridized carbons (Fsp3) is 0.455. The van der Waals surface area contributed by atoms with Crippen molar-refractivity contribution in [2.24, 2.45) is 13.0 Å². The minimum Gasteiger partial charge on any atom is -0.466 e. The van der Waals surface area contributed by atoms with E-state index in [1.807, 2.05) is 7.05 Å². The van der Waals surface area contributed by atoms with Gasteiger partial charge in [-0.2, -0.15) is 5.10 Å². The zero-order valence-electron chi connectivity index (χ0n) is 17.5. The Morgan fingerprint density at radius 2 is 2.03 bits per heavy atom. The third-order valence-electron chi connectivity index (χ3n) is 6.25. The van der Waals surface area contributed by atoms with Crippen LogP contribution in [0.1, 0.15) is 55.3 Å². The van der Waals surface area contributed by atoms with Gasteiger partial charge < -0.3 is 10.1 Å². The molecule has 1 aromatic carbocycles. The first-order valence-electron chi connectivity index (χ1n) is 10.3. The minimum absolute atomic E-state index is 0.0137. The first kappa shape index (κ1) is 20.1. The van der Waals surface area contributed by atoms with Gasteiger partial charge in [-0.1, -0.05) is 43.9 Å². The van der Waals surface area contributed by atoms with Crippen molar-refractivity contribution in [3.8, 4) is 0 Å². The Hall–Kier alpha value is -3.16. The summed E-state index contributed by atoms with van der Waals surface area (Å²) in [6.07, 6.45) is 5.56. The van der Waals surface area contributed by atoms with Gasteiger partial charge in [0.05, 0.1) is 29.2 Å². The summed E-state index contributed by atoms with van der Waals surface area (Å²) in [7, 11) is 3.19. The van der Waals surface area contributed by atoms with Gasteiger partial charge in [-0.05, 0) is 19.3 Å².